The summed E-state index contributed by atoms with van der Waals surface area (Å²) in [5, 5.41) is 0. The molecular weight excluding hydrogens is 300 g/mol. The van der Waals surface area contributed by atoms with E-state index in [9.17, 15) is 4.79 Å². The summed E-state index contributed by atoms with van der Waals surface area (Å²) < 4.78 is 5.76. The first-order valence-electron chi connectivity index (χ1n) is 8.45. The van der Waals surface area contributed by atoms with Crippen LogP contribution in [-0.2, 0) is 6.61 Å². The fraction of sp³-hybridized carbons (Fsp3) is 0.350. The lowest BCUT2D eigenvalue weighted by molar-refractivity contribution is 0.0786. The lowest BCUT2D eigenvalue weighted by atomic mass is 10.0. The van der Waals surface area contributed by atoms with Gasteiger partial charge in [0.1, 0.15) is 12.4 Å². The van der Waals surface area contributed by atoms with Crippen molar-refractivity contribution in [1.82, 2.24) is 4.90 Å². The summed E-state index contributed by atoms with van der Waals surface area (Å²) in [4.78, 5) is 14.4. The van der Waals surface area contributed by atoms with Gasteiger partial charge in [-0.2, -0.15) is 0 Å². The van der Waals surface area contributed by atoms with Gasteiger partial charge in [-0.3, -0.25) is 4.79 Å². The standard InChI is InChI=1S/C20H24N2O2/c1-15(21)18-11-12-22(13-18)20(23)17-7-9-19(10-8-17)24-14-16-5-3-2-4-6-16/h2-10,15,18H,11-14,21H2,1H3. The maximum Gasteiger partial charge on any atom is 0.253 e. The number of hydrogen-bond donors (Lipinski definition) is 1. The predicted octanol–water partition coefficient (Wildman–Crippen LogP) is 3.07. The zero-order chi connectivity index (χ0) is 16.9. The number of amides is 1. The highest BCUT2D eigenvalue weighted by atomic mass is 16.5. The van der Waals surface area contributed by atoms with E-state index in [1.165, 1.54) is 0 Å². The van der Waals surface area contributed by atoms with Gasteiger partial charge in [0, 0.05) is 24.7 Å². The Balaban J connectivity index is 1.57. The molecule has 126 valence electrons. The van der Waals surface area contributed by atoms with E-state index in [1.54, 1.807) is 0 Å². The van der Waals surface area contributed by atoms with E-state index >= 15 is 0 Å². The van der Waals surface area contributed by atoms with Crippen molar-refractivity contribution in [2.24, 2.45) is 11.7 Å². The minimum atomic E-state index is 0.0766. The molecule has 0 radical (unpaired) electrons. The Hall–Kier alpha value is -2.33. The van der Waals surface area contributed by atoms with Gasteiger partial charge in [-0.25, -0.2) is 0 Å². The van der Waals surface area contributed by atoms with E-state index in [4.69, 9.17) is 10.5 Å². The van der Waals surface area contributed by atoms with Gasteiger partial charge in [0.25, 0.3) is 5.91 Å². The van der Waals surface area contributed by atoms with E-state index in [0.717, 1.165) is 30.8 Å². The molecule has 0 aliphatic carbocycles. The summed E-state index contributed by atoms with van der Waals surface area (Å²) in [7, 11) is 0. The summed E-state index contributed by atoms with van der Waals surface area (Å²) in [5.74, 6) is 1.25. The first-order chi connectivity index (χ1) is 11.6. The van der Waals surface area contributed by atoms with Gasteiger partial charge in [0.15, 0.2) is 0 Å². The van der Waals surface area contributed by atoms with Crippen LogP contribution in [-0.4, -0.2) is 29.9 Å². The van der Waals surface area contributed by atoms with Crippen LogP contribution in [0.3, 0.4) is 0 Å². The second-order valence-corrected chi connectivity index (χ2v) is 6.46. The van der Waals surface area contributed by atoms with Crippen LogP contribution < -0.4 is 10.5 Å². The topological polar surface area (TPSA) is 55.6 Å². The SMILES string of the molecule is CC(N)C1CCN(C(=O)c2ccc(OCc3ccccc3)cc2)C1. The van der Waals surface area contributed by atoms with Crippen LogP contribution in [0.15, 0.2) is 54.6 Å². The predicted molar refractivity (Wildman–Crippen MR) is 94.9 cm³/mol. The minimum Gasteiger partial charge on any atom is -0.489 e. The highest BCUT2D eigenvalue weighted by Crippen LogP contribution is 2.22. The molecule has 2 N–H and O–H groups in total. The number of rotatable bonds is 5. The van der Waals surface area contributed by atoms with Crippen molar-refractivity contribution in [3.05, 3.63) is 65.7 Å². The molecule has 1 aliphatic rings. The fourth-order valence-electron chi connectivity index (χ4n) is 3.02. The Morgan fingerprint density at radius 3 is 2.54 bits per heavy atom. The van der Waals surface area contributed by atoms with Gasteiger partial charge >= 0.3 is 0 Å². The van der Waals surface area contributed by atoms with Gasteiger partial charge in [-0.15, -0.1) is 0 Å². The smallest absolute Gasteiger partial charge is 0.253 e. The summed E-state index contributed by atoms with van der Waals surface area (Å²) in [6, 6.07) is 17.5. The lowest BCUT2D eigenvalue weighted by Gasteiger charge is -2.18. The number of ether oxygens (including phenoxy) is 1. The molecular formula is C20H24N2O2. The largest absolute Gasteiger partial charge is 0.489 e. The molecule has 24 heavy (non-hydrogen) atoms. The first-order valence-corrected chi connectivity index (χ1v) is 8.45. The normalized spacial score (nSPS) is 18.4. The Morgan fingerprint density at radius 2 is 1.92 bits per heavy atom. The van der Waals surface area contributed by atoms with E-state index in [-0.39, 0.29) is 11.9 Å². The van der Waals surface area contributed by atoms with Crippen molar-refractivity contribution in [3.63, 3.8) is 0 Å². The van der Waals surface area contributed by atoms with Crippen molar-refractivity contribution < 1.29 is 9.53 Å². The minimum absolute atomic E-state index is 0.0766. The third kappa shape index (κ3) is 3.95. The molecule has 1 fully saturated rings. The maximum atomic E-state index is 12.6. The molecule has 3 rings (SSSR count). The van der Waals surface area contributed by atoms with Crippen LogP contribution in [0.25, 0.3) is 0 Å². The van der Waals surface area contributed by atoms with Crippen LogP contribution in [0, 0.1) is 5.92 Å². The van der Waals surface area contributed by atoms with Gasteiger partial charge in [-0.05, 0) is 49.1 Å². The molecule has 4 heteroatoms. The molecule has 2 aromatic rings. The van der Waals surface area contributed by atoms with Crippen LogP contribution in [0.2, 0.25) is 0 Å². The third-order valence-corrected chi connectivity index (χ3v) is 4.61. The van der Waals surface area contributed by atoms with Gasteiger partial charge < -0.3 is 15.4 Å². The van der Waals surface area contributed by atoms with Crippen LogP contribution in [0.5, 0.6) is 5.75 Å². The van der Waals surface area contributed by atoms with E-state index in [2.05, 4.69) is 0 Å². The molecule has 1 aliphatic heterocycles. The quantitative estimate of drug-likeness (QED) is 0.919. The van der Waals surface area contributed by atoms with Gasteiger partial charge in [-0.1, -0.05) is 30.3 Å². The number of likely N-dealkylation sites (tertiary alicyclic amines) is 1. The van der Waals surface area contributed by atoms with Crippen molar-refractivity contribution in [3.8, 4) is 5.75 Å². The zero-order valence-electron chi connectivity index (χ0n) is 14.0. The van der Waals surface area contributed by atoms with Crippen LogP contribution in [0.4, 0.5) is 0 Å². The molecule has 0 saturated carbocycles. The van der Waals surface area contributed by atoms with E-state index in [1.807, 2.05) is 66.4 Å². The van der Waals surface area contributed by atoms with Gasteiger partial charge in [0.2, 0.25) is 0 Å². The second-order valence-electron chi connectivity index (χ2n) is 6.46. The van der Waals surface area contributed by atoms with Gasteiger partial charge in [0.05, 0.1) is 0 Å². The van der Waals surface area contributed by atoms with Crippen molar-refractivity contribution in [2.75, 3.05) is 13.1 Å². The molecule has 0 spiro atoms. The molecule has 0 aromatic heterocycles. The third-order valence-electron chi connectivity index (χ3n) is 4.61. The number of benzene rings is 2. The highest BCUT2D eigenvalue weighted by Gasteiger charge is 2.28. The average molecular weight is 324 g/mol. The molecule has 4 nitrogen and oxygen atoms in total. The monoisotopic (exact) mass is 324 g/mol. The van der Waals surface area contributed by atoms with Crippen molar-refractivity contribution in [2.45, 2.75) is 26.0 Å². The van der Waals surface area contributed by atoms with E-state index in [0.29, 0.717) is 18.1 Å². The average Bonchev–Trinajstić information content (AvgIpc) is 3.11. The summed E-state index contributed by atoms with van der Waals surface area (Å²) in [6.45, 7) is 4.08. The summed E-state index contributed by atoms with van der Waals surface area (Å²) in [6.07, 6.45) is 0.988. The fourth-order valence-corrected chi connectivity index (χ4v) is 3.02. The number of nitrogens with zero attached hydrogens (tertiary/aromatic N) is 1. The Bertz CT molecular complexity index is 668. The number of hydrogen-bond acceptors (Lipinski definition) is 3. The molecule has 2 atom stereocenters. The Morgan fingerprint density at radius 1 is 1.21 bits per heavy atom. The van der Waals surface area contributed by atoms with Crippen molar-refractivity contribution in [1.29, 1.82) is 0 Å². The number of carbonyl (C=O) groups excluding carboxylic acids is 1. The highest BCUT2D eigenvalue weighted by molar-refractivity contribution is 5.94. The Kier molecular flexibility index (Phi) is 5.16. The van der Waals surface area contributed by atoms with E-state index < -0.39 is 0 Å². The molecule has 0 bridgehead atoms. The molecule has 2 aromatic carbocycles. The number of carbonyl (C=O) groups is 1. The first kappa shape index (κ1) is 16.5. The molecule has 2 unspecified atom stereocenters. The summed E-state index contributed by atoms with van der Waals surface area (Å²) in [5.41, 5.74) is 7.77. The number of nitrogens with two attached hydrogens (primary N) is 1. The molecule has 1 heterocycles. The van der Waals surface area contributed by atoms with Crippen LogP contribution >= 0.6 is 0 Å². The zero-order valence-corrected chi connectivity index (χ0v) is 14.0. The molecule has 1 saturated heterocycles. The van der Waals surface area contributed by atoms with Crippen molar-refractivity contribution >= 4 is 5.91 Å². The Labute approximate surface area is 143 Å². The summed E-state index contributed by atoms with van der Waals surface area (Å²) >= 11 is 0. The second kappa shape index (κ2) is 7.49. The lowest BCUT2D eigenvalue weighted by Crippen LogP contribution is -2.32. The maximum absolute atomic E-state index is 12.6. The van der Waals surface area contributed by atoms with Crippen LogP contribution in [0.1, 0.15) is 29.3 Å². The molecule has 1 amide bonds.